The number of rotatable bonds is 5. The first kappa shape index (κ1) is 20.6. The number of fused-ring (bicyclic) bond motifs is 1. The van der Waals surface area contributed by atoms with Crippen molar-refractivity contribution in [2.45, 2.75) is 6.92 Å². The van der Waals surface area contributed by atoms with Crippen LogP contribution in [0, 0.1) is 6.92 Å². The molecule has 30 heavy (non-hydrogen) atoms. The van der Waals surface area contributed by atoms with E-state index in [1.165, 1.54) is 0 Å². The molecule has 0 aliphatic carbocycles. The monoisotopic (exact) mass is 526 g/mol. The predicted octanol–water partition coefficient (Wildman–Crippen LogP) is 6.40. The average Bonchev–Trinajstić information content (AvgIpc) is 3.02. The number of benzene rings is 3. The van der Waals surface area contributed by atoms with E-state index in [-0.39, 0.29) is 23.9 Å². The maximum absolute atomic E-state index is 12.8. The molecule has 0 radical (unpaired) electrons. The summed E-state index contributed by atoms with van der Waals surface area (Å²) in [5.74, 6) is 0.877. The van der Waals surface area contributed by atoms with E-state index in [9.17, 15) is 9.59 Å². The molecular weight excluding hydrogens is 512 g/mol. The molecule has 0 fully saturated rings. The van der Waals surface area contributed by atoms with Crippen molar-refractivity contribution in [3.63, 3.8) is 0 Å². The third kappa shape index (κ3) is 4.40. The second kappa shape index (κ2) is 8.58. The molecule has 1 heterocycles. The molecular formula is C24H16Br2O4. The van der Waals surface area contributed by atoms with Gasteiger partial charge < -0.3 is 9.47 Å². The molecule has 3 aromatic rings. The van der Waals surface area contributed by atoms with Crippen molar-refractivity contribution in [1.82, 2.24) is 0 Å². The zero-order valence-corrected chi connectivity index (χ0v) is 19.1. The highest BCUT2D eigenvalue weighted by atomic mass is 79.9. The molecule has 0 N–H and O–H groups in total. The Bertz CT molecular complexity index is 1180. The summed E-state index contributed by atoms with van der Waals surface area (Å²) in [5, 5.41) is 0. The molecule has 0 saturated heterocycles. The van der Waals surface area contributed by atoms with Gasteiger partial charge in [-0.2, -0.15) is 0 Å². The zero-order chi connectivity index (χ0) is 21.3. The molecule has 0 unspecified atom stereocenters. The van der Waals surface area contributed by atoms with E-state index in [0.29, 0.717) is 22.6 Å². The van der Waals surface area contributed by atoms with Gasteiger partial charge in [0.15, 0.2) is 18.1 Å². The Labute approximate surface area is 190 Å². The molecule has 0 saturated carbocycles. The maximum atomic E-state index is 12.8. The van der Waals surface area contributed by atoms with E-state index in [1.807, 2.05) is 43.3 Å². The molecule has 3 aromatic carbocycles. The number of carbonyl (C=O) groups excluding carboxylic acids is 2. The van der Waals surface area contributed by atoms with Crippen LogP contribution in [0.2, 0.25) is 0 Å². The number of allylic oxidation sites excluding steroid dienone is 1. The highest BCUT2D eigenvalue weighted by molar-refractivity contribution is 9.10. The van der Waals surface area contributed by atoms with Crippen molar-refractivity contribution in [3.8, 4) is 11.5 Å². The molecule has 0 bridgehead atoms. The molecule has 150 valence electrons. The van der Waals surface area contributed by atoms with Crippen molar-refractivity contribution < 1.29 is 19.1 Å². The standard InChI is InChI=1S/C24H16Br2O4/c1-14-9-19(29-13-20(27)16-5-7-17(25)8-6-16)12-21-23(14)24(28)22(30-21)11-15-3-2-4-18(26)10-15/h2-12H,13H2,1H3/b22-11-. The molecule has 6 heteroatoms. The van der Waals surface area contributed by atoms with Crippen molar-refractivity contribution in [2.24, 2.45) is 0 Å². The minimum atomic E-state index is -0.167. The SMILES string of the molecule is Cc1cc(OCC(=O)c2ccc(Br)cc2)cc2c1C(=O)/C(=C/c1cccc(Br)c1)O2. The topological polar surface area (TPSA) is 52.6 Å². The van der Waals surface area contributed by atoms with Gasteiger partial charge in [0.25, 0.3) is 0 Å². The summed E-state index contributed by atoms with van der Waals surface area (Å²) in [4.78, 5) is 25.1. The van der Waals surface area contributed by atoms with Crippen LogP contribution in [0.25, 0.3) is 6.08 Å². The van der Waals surface area contributed by atoms with E-state index in [1.54, 1.807) is 30.3 Å². The Morgan fingerprint density at radius 1 is 1.03 bits per heavy atom. The van der Waals surface area contributed by atoms with E-state index in [2.05, 4.69) is 31.9 Å². The molecule has 0 amide bonds. The number of ketones is 2. The van der Waals surface area contributed by atoms with Crippen LogP contribution in [-0.4, -0.2) is 18.2 Å². The lowest BCUT2D eigenvalue weighted by Crippen LogP contribution is -2.11. The van der Waals surface area contributed by atoms with Crippen molar-refractivity contribution in [3.05, 3.63) is 97.6 Å². The summed E-state index contributed by atoms with van der Waals surface area (Å²) < 4.78 is 13.3. The van der Waals surface area contributed by atoms with Crippen LogP contribution >= 0.6 is 31.9 Å². The quantitative estimate of drug-likeness (QED) is 0.284. The van der Waals surface area contributed by atoms with Crippen LogP contribution in [0.3, 0.4) is 0 Å². The fourth-order valence-corrected chi connectivity index (χ4v) is 3.86. The minimum Gasteiger partial charge on any atom is -0.485 e. The third-order valence-corrected chi connectivity index (χ3v) is 5.65. The van der Waals surface area contributed by atoms with Gasteiger partial charge in [-0.25, -0.2) is 0 Å². The average molecular weight is 528 g/mol. The fourth-order valence-electron chi connectivity index (χ4n) is 3.18. The molecule has 0 atom stereocenters. The summed E-state index contributed by atoms with van der Waals surface area (Å²) in [6.07, 6.45) is 1.71. The molecule has 1 aliphatic rings. The number of ether oxygens (including phenoxy) is 2. The number of hydrogen-bond acceptors (Lipinski definition) is 4. The lowest BCUT2D eigenvalue weighted by molar-refractivity contribution is 0.0920. The molecule has 4 rings (SSSR count). The van der Waals surface area contributed by atoms with Gasteiger partial charge in [0.2, 0.25) is 5.78 Å². The first-order chi connectivity index (χ1) is 14.4. The number of aryl methyl sites for hydroxylation is 1. The molecule has 0 aromatic heterocycles. The van der Waals surface area contributed by atoms with E-state index in [4.69, 9.17) is 9.47 Å². The predicted molar refractivity (Wildman–Crippen MR) is 122 cm³/mol. The van der Waals surface area contributed by atoms with Crippen LogP contribution in [0.1, 0.15) is 31.8 Å². The van der Waals surface area contributed by atoms with E-state index >= 15 is 0 Å². The second-order valence-electron chi connectivity index (χ2n) is 6.83. The van der Waals surface area contributed by atoms with Gasteiger partial charge in [0.05, 0.1) is 5.56 Å². The van der Waals surface area contributed by atoms with E-state index in [0.717, 1.165) is 20.1 Å². The highest BCUT2D eigenvalue weighted by Gasteiger charge is 2.30. The number of carbonyl (C=O) groups is 2. The Hall–Kier alpha value is -2.70. The smallest absolute Gasteiger partial charge is 0.232 e. The Balaban J connectivity index is 1.52. The Morgan fingerprint density at radius 2 is 1.80 bits per heavy atom. The summed E-state index contributed by atoms with van der Waals surface area (Å²) in [6.45, 7) is 1.72. The minimum absolute atomic E-state index is 0.103. The van der Waals surface area contributed by atoms with Gasteiger partial charge in [0, 0.05) is 20.6 Å². The lowest BCUT2D eigenvalue weighted by atomic mass is 10.0. The summed E-state index contributed by atoms with van der Waals surface area (Å²) in [6, 6.07) is 18.1. The third-order valence-electron chi connectivity index (χ3n) is 4.63. The summed E-state index contributed by atoms with van der Waals surface area (Å²) >= 11 is 6.77. The van der Waals surface area contributed by atoms with Crippen LogP contribution in [0.4, 0.5) is 0 Å². The fraction of sp³-hybridized carbons (Fsp3) is 0.0833. The normalized spacial score (nSPS) is 13.8. The van der Waals surface area contributed by atoms with Crippen LogP contribution < -0.4 is 9.47 Å². The van der Waals surface area contributed by atoms with Gasteiger partial charge in [-0.3, -0.25) is 9.59 Å². The van der Waals surface area contributed by atoms with Gasteiger partial charge in [-0.05, 0) is 54.5 Å². The van der Waals surface area contributed by atoms with Crippen LogP contribution in [0.5, 0.6) is 11.5 Å². The van der Waals surface area contributed by atoms with Gasteiger partial charge in [-0.15, -0.1) is 0 Å². The van der Waals surface area contributed by atoms with Gasteiger partial charge >= 0.3 is 0 Å². The summed E-state index contributed by atoms with van der Waals surface area (Å²) in [5.41, 5.74) is 2.68. The maximum Gasteiger partial charge on any atom is 0.232 e. The zero-order valence-electron chi connectivity index (χ0n) is 15.9. The first-order valence-electron chi connectivity index (χ1n) is 9.17. The van der Waals surface area contributed by atoms with Crippen molar-refractivity contribution in [2.75, 3.05) is 6.61 Å². The molecule has 0 spiro atoms. The van der Waals surface area contributed by atoms with Crippen molar-refractivity contribution in [1.29, 1.82) is 0 Å². The number of Topliss-reactive ketones (excluding diaryl/α,β-unsaturated/α-hetero) is 2. The molecule has 1 aliphatic heterocycles. The Morgan fingerprint density at radius 3 is 2.53 bits per heavy atom. The number of halogens is 2. The van der Waals surface area contributed by atoms with Gasteiger partial charge in [-0.1, -0.05) is 56.1 Å². The highest BCUT2D eigenvalue weighted by Crippen LogP contribution is 2.37. The molecule has 4 nitrogen and oxygen atoms in total. The van der Waals surface area contributed by atoms with Crippen LogP contribution in [-0.2, 0) is 0 Å². The summed E-state index contributed by atoms with van der Waals surface area (Å²) in [7, 11) is 0. The Kier molecular flexibility index (Phi) is 5.88. The largest absolute Gasteiger partial charge is 0.485 e. The van der Waals surface area contributed by atoms with Crippen LogP contribution in [0.15, 0.2) is 75.4 Å². The van der Waals surface area contributed by atoms with E-state index < -0.39 is 0 Å². The van der Waals surface area contributed by atoms with Gasteiger partial charge in [0.1, 0.15) is 11.5 Å². The second-order valence-corrected chi connectivity index (χ2v) is 8.66. The van der Waals surface area contributed by atoms with Crippen molar-refractivity contribution >= 4 is 49.5 Å². The first-order valence-corrected chi connectivity index (χ1v) is 10.8. The lowest BCUT2D eigenvalue weighted by Gasteiger charge is -2.09. The number of hydrogen-bond donors (Lipinski definition) is 0.